The van der Waals surface area contributed by atoms with Crippen molar-refractivity contribution in [2.24, 2.45) is 0 Å². The normalized spacial score (nSPS) is 10.6. The van der Waals surface area contributed by atoms with Gasteiger partial charge in [-0.2, -0.15) is 0 Å². The van der Waals surface area contributed by atoms with Gasteiger partial charge in [-0.15, -0.1) is 11.3 Å². The summed E-state index contributed by atoms with van der Waals surface area (Å²) in [6.45, 7) is -0.395. The van der Waals surface area contributed by atoms with E-state index in [1.165, 1.54) is 11.3 Å². The third-order valence-electron chi connectivity index (χ3n) is 1.55. The first-order chi connectivity index (χ1) is 5.40. The van der Waals surface area contributed by atoms with E-state index in [-0.39, 0.29) is 0 Å². The second kappa shape index (κ2) is 2.58. The number of rotatable bonds is 1. The second-order valence-corrected chi connectivity index (χ2v) is 3.17. The van der Waals surface area contributed by atoms with Gasteiger partial charge in [-0.05, 0) is 17.7 Å². The lowest BCUT2D eigenvalue weighted by atomic mass is 10.2. The molecule has 56 valence electrons. The average molecular weight is 167 g/mol. The van der Waals surface area contributed by atoms with Crippen LogP contribution in [-0.2, 0) is 6.67 Å². The van der Waals surface area contributed by atoms with Crippen LogP contribution in [0.15, 0.2) is 23.7 Å². The van der Waals surface area contributed by atoms with Crippen LogP contribution < -0.4 is 0 Å². The highest BCUT2D eigenvalue weighted by Gasteiger charge is 1.96. The summed E-state index contributed by atoms with van der Waals surface area (Å²) in [6.07, 6.45) is 0. The van der Waals surface area contributed by atoms with Gasteiger partial charge < -0.3 is 0 Å². The largest absolute Gasteiger partial charge is 0.246 e. The predicted molar refractivity (Wildman–Crippen MR) is 44.4 cm³/mol. The van der Waals surface area contributed by atoms with E-state index in [1.807, 2.05) is 12.1 Å². The predicted octanol–water partition coefficient (Wildman–Crippen LogP) is 2.77. The molecule has 3 heteroatoms. The molecule has 1 nitrogen and oxygen atoms in total. The zero-order chi connectivity index (χ0) is 7.68. The van der Waals surface area contributed by atoms with E-state index in [0.29, 0.717) is 0 Å². The topological polar surface area (TPSA) is 12.9 Å². The zero-order valence-electron chi connectivity index (χ0n) is 5.75. The standard InChI is InChI=1S/C8H6FNS/c9-4-6-1-2-7-8(3-6)11-5-10-7/h1-3,5H,4H2. The fourth-order valence-corrected chi connectivity index (χ4v) is 1.72. The molecule has 0 unspecified atom stereocenters. The highest BCUT2D eigenvalue weighted by Crippen LogP contribution is 2.19. The van der Waals surface area contributed by atoms with Crippen molar-refractivity contribution in [3.63, 3.8) is 0 Å². The van der Waals surface area contributed by atoms with Gasteiger partial charge >= 0.3 is 0 Å². The van der Waals surface area contributed by atoms with Gasteiger partial charge in [-0.3, -0.25) is 0 Å². The third-order valence-corrected chi connectivity index (χ3v) is 2.34. The third kappa shape index (κ3) is 1.12. The van der Waals surface area contributed by atoms with Crippen molar-refractivity contribution in [1.29, 1.82) is 0 Å². The summed E-state index contributed by atoms with van der Waals surface area (Å²) in [5, 5.41) is 0. The number of halogens is 1. The number of thiazole rings is 1. The Balaban J connectivity index is 2.67. The van der Waals surface area contributed by atoms with Gasteiger partial charge in [-0.25, -0.2) is 9.37 Å². The maximum Gasteiger partial charge on any atom is 0.115 e. The number of hydrogen-bond acceptors (Lipinski definition) is 2. The van der Waals surface area contributed by atoms with Crippen LogP contribution in [-0.4, -0.2) is 4.98 Å². The molecule has 1 heterocycles. The molecule has 0 aliphatic carbocycles. The van der Waals surface area contributed by atoms with Gasteiger partial charge in [0.15, 0.2) is 0 Å². The minimum absolute atomic E-state index is 0.395. The molecule has 2 rings (SSSR count). The average Bonchev–Trinajstić information content (AvgIpc) is 2.50. The molecule has 0 bridgehead atoms. The van der Waals surface area contributed by atoms with Crippen LogP contribution in [0.5, 0.6) is 0 Å². The molecule has 0 radical (unpaired) electrons. The van der Waals surface area contributed by atoms with Crippen LogP contribution in [0.1, 0.15) is 5.56 Å². The SMILES string of the molecule is FCc1ccc2ncsc2c1. The lowest BCUT2D eigenvalue weighted by molar-refractivity contribution is 0.485. The van der Waals surface area contributed by atoms with Gasteiger partial charge in [-0.1, -0.05) is 6.07 Å². The minimum atomic E-state index is -0.395. The van der Waals surface area contributed by atoms with Gasteiger partial charge in [0.25, 0.3) is 0 Å². The number of fused-ring (bicyclic) bond motifs is 1. The molecule has 0 aliphatic rings. The van der Waals surface area contributed by atoms with Gasteiger partial charge in [0.2, 0.25) is 0 Å². The molecule has 1 aromatic heterocycles. The summed E-state index contributed by atoms with van der Waals surface area (Å²) >= 11 is 1.54. The molecule has 0 spiro atoms. The van der Waals surface area contributed by atoms with Crippen molar-refractivity contribution in [3.8, 4) is 0 Å². The van der Waals surface area contributed by atoms with Crippen LogP contribution in [0.4, 0.5) is 4.39 Å². The fraction of sp³-hybridized carbons (Fsp3) is 0.125. The Bertz CT molecular complexity index is 369. The first-order valence-electron chi connectivity index (χ1n) is 3.28. The smallest absolute Gasteiger partial charge is 0.115 e. The first-order valence-corrected chi connectivity index (χ1v) is 4.16. The van der Waals surface area contributed by atoms with Crippen molar-refractivity contribution in [2.45, 2.75) is 6.67 Å². The van der Waals surface area contributed by atoms with Gasteiger partial charge in [0.1, 0.15) is 6.67 Å². The van der Waals surface area contributed by atoms with Gasteiger partial charge in [0.05, 0.1) is 15.7 Å². The van der Waals surface area contributed by atoms with Crippen LogP contribution >= 0.6 is 11.3 Å². The molecule has 0 aliphatic heterocycles. The molecule has 1 aromatic carbocycles. The number of hydrogen-bond donors (Lipinski definition) is 0. The van der Waals surface area contributed by atoms with Crippen LogP contribution in [0.3, 0.4) is 0 Å². The van der Waals surface area contributed by atoms with Crippen molar-refractivity contribution in [2.75, 3.05) is 0 Å². The monoisotopic (exact) mass is 167 g/mol. The number of aromatic nitrogens is 1. The number of benzene rings is 1. The van der Waals surface area contributed by atoms with Crippen LogP contribution in [0.25, 0.3) is 10.2 Å². The Hall–Kier alpha value is -0.960. The molecular weight excluding hydrogens is 161 g/mol. The maximum atomic E-state index is 12.1. The molecule has 0 N–H and O–H groups in total. The Morgan fingerprint density at radius 1 is 1.45 bits per heavy atom. The van der Waals surface area contributed by atoms with E-state index >= 15 is 0 Å². The highest BCUT2D eigenvalue weighted by molar-refractivity contribution is 7.16. The molecule has 11 heavy (non-hydrogen) atoms. The summed E-state index contributed by atoms with van der Waals surface area (Å²) in [7, 11) is 0. The second-order valence-electron chi connectivity index (χ2n) is 2.29. The Kier molecular flexibility index (Phi) is 1.58. The highest BCUT2D eigenvalue weighted by atomic mass is 32.1. The van der Waals surface area contributed by atoms with Crippen molar-refractivity contribution < 1.29 is 4.39 Å². The molecule has 2 aromatic rings. The van der Waals surface area contributed by atoms with Gasteiger partial charge in [0, 0.05) is 0 Å². The summed E-state index contributed by atoms with van der Waals surface area (Å²) in [5.74, 6) is 0. The Morgan fingerprint density at radius 3 is 3.18 bits per heavy atom. The Morgan fingerprint density at radius 2 is 2.36 bits per heavy atom. The molecule has 0 atom stereocenters. The molecule has 0 saturated carbocycles. The van der Waals surface area contributed by atoms with Crippen molar-refractivity contribution in [1.82, 2.24) is 4.98 Å². The summed E-state index contributed by atoms with van der Waals surface area (Å²) in [6, 6.07) is 5.45. The Labute approximate surface area is 67.5 Å². The molecular formula is C8H6FNS. The quantitative estimate of drug-likeness (QED) is 0.636. The van der Waals surface area contributed by atoms with E-state index in [9.17, 15) is 4.39 Å². The lowest BCUT2D eigenvalue weighted by Crippen LogP contribution is -1.75. The van der Waals surface area contributed by atoms with Crippen molar-refractivity contribution >= 4 is 21.6 Å². The van der Waals surface area contributed by atoms with E-state index in [4.69, 9.17) is 0 Å². The summed E-state index contributed by atoms with van der Waals surface area (Å²) < 4.78 is 13.2. The van der Waals surface area contributed by atoms with E-state index in [0.717, 1.165) is 15.8 Å². The number of alkyl halides is 1. The molecule has 0 saturated heterocycles. The van der Waals surface area contributed by atoms with E-state index < -0.39 is 6.67 Å². The summed E-state index contributed by atoms with van der Waals surface area (Å²) in [5.41, 5.74) is 3.45. The minimum Gasteiger partial charge on any atom is -0.246 e. The summed E-state index contributed by atoms with van der Waals surface area (Å²) in [4.78, 5) is 4.09. The lowest BCUT2D eigenvalue weighted by Gasteiger charge is -1.91. The van der Waals surface area contributed by atoms with Crippen molar-refractivity contribution in [3.05, 3.63) is 29.3 Å². The zero-order valence-corrected chi connectivity index (χ0v) is 6.57. The maximum absolute atomic E-state index is 12.1. The van der Waals surface area contributed by atoms with E-state index in [1.54, 1.807) is 11.6 Å². The number of nitrogens with zero attached hydrogens (tertiary/aromatic N) is 1. The fourth-order valence-electron chi connectivity index (χ4n) is 0.983. The van der Waals surface area contributed by atoms with Crippen LogP contribution in [0, 0.1) is 0 Å². The molecule has 0 amide bonds. The molecule has 0 fully saturated rings. The van der Waals surface area contributed by atoms with E-state index in [2.05, 4.69) is 4.98 Å². The van der Waals surface area contributed by atoms with Crippen LogP contribution in [0.2, 0.25) is 0 Å². The first kappa shape index (κ1) is 6.73.